The Hall–Kier alpha value is -1.32. The van der Waals surface area contributed by atoms with Crippen LogP contribution in [0.15, 0.2) is 11.6 Å². The molecule has 0 aromatic heterocycles. The molecule has 1 atom stereocenters. The number of methoxy groups -OCH3 is 2. The lowest BCUT2D eigenvalue weighted by atomic mass is 10.0. The van der Waals surface area contributed by atoms with Crippen molar-refractivity contribution in [3.05, 3.63) is 11.6 Å². The van der Waals surface area contributed by atoms with Crippen molar-refractivity contribution in [1.29, 1.82) is 0 Å². The molecule has 0 bridgehead atoms. The topological polar surface area (TPSA) is 52.6 Å². The van der Waals surface area contributed by atoms with E-state index in [1.54, 1.807) is 0 Å². The van der Waals surface area contributed by atoms with Crippen LogP contribution in [0.1, 0.15) is 32.1 Å². The zero-order valence-corrected chi connectivity index (χ0v) is 9.82. The lowest BCUT2D eigenvalue weighted by Crippen LogP contribution is -2.14. The fourth-order valence-corrected chi connectivity index (χ4v) is 2.00. The van der Waals surface area contributed by atoms with Gasteiger partial charge in [-0.2, -0.15) is 0 Å². The highest BCUT2D eigenvalue weighted by Gasteiger charge is 2.27. The molecule has 90 valence electrons. The highest BCUT2D eigenvalue weighted by Crippen LogP contribution is 2.32. The average Bonchev–Trinajstić information content (AvgIpc) is 2.76. The first-order chi connectivity index (χ1) is 7.69. The van der Waals surface area contributed by atoms with Crippen molar-refractivity contribution >= 4 is 11.9 Å². The molecule has 4 heteroatoms. The summed E-state index contributed by atoms with van der Waals surface area (Å²) < 4.78 is 9.29. The van der Waals surface area contributed by atoms with Crippen LogP contribution >= 0.6 is 0 Å². The lowest BCUT2D eigenvalue weighted by molar-refractivity contribution is -0.144. The van der Waals surface area contributed by atoms with Gasteiger partial charge in [-0.05, 0) is 25.7 Å². The molecular formula is C12H18O4. The summed E-state index contributed by atoms with van der Waals surface area (Å²) >= 11 is 0. The molecule has 1 fully saturated rings. The summed E-state index contributed by atoms with van der Waals surface area (Å²) in [6, 6.07) is 0. The third-order valence-electron chi connectivity index (χ3n) is 2.87. The Labute approximate surface area is 95.6 Å². The Balaban J connectivity index is 2.48. The Morgan fingerprint density at radius 3 is 2.75 bits per heavy atom. The van der Waals surface area contributed by atoms with Gasteiger partial charge in [-0.1, -0.05) is 11.6 Å². The molecule has 1 rings (SSSR count). The summed E-state index contributed by atoms with van der Waals surface area (Å²) in [6.07, 6.45) is 5.79. The van der Waals surface area contributed by atoms with Gasteiger partial charge in [0.05, 0.1) is 20.1 Å². The molecule has 0 amide bonds. The van der Waals surface area contributed by atoms with Crippen molar-refractivity contribution in [3.63, 3.8) is 0 Å². The van der Waals surface area contributed by atoms with Crippen LogP contribution in [-0.2, 0) is 19.1 Å². The quantitative estimate of drug-likeness (QED) is 0.542. The van der Waals surface area contributed by atoms with Crippen molar-refractivity contribution in [2.45, 2.75) is 32.1 Å². The maximum absolute atomic E-state index is 11.4. The predicted octanol–water partition coefficient (Wildman–Crippen LogP) is 1.84. The van der Waals surface area contributed by atoms with Gasteiger partial charge >= 0.3 is 11.9 Å². The van der Waals surface area contributed by atoms with Crippen molar-refractivity contribution < 1.29 is 19.1 Å². The normalized spacial score (nSPS) is 22.1. The van der Waals surface area contributed by atoms with Gasteiger partial charge in [0.25, 0.3) is 0 Å². The van der Waals surface area contributed by atoms with Crippen LogP contribution in [0.25, 0.3) is 0 Å². The van der Waals surface area contributed by atoms with E-state index in [1.807, 2.05) is 6.08 Å². The van der Waals surface area contributed by atoms with Gasteiger partial charge in [0.1, 0.15) is 0 Å². The van der Waals surface area contributed by atoms with Gasteiger partial charge in [-0.25, -0.2) is 0 Å². The Bertz CT molecular complexity index is 293. The van der Waals surface area contributed by atoms with Gasteiger partial charge < -0.3 is 9.47 Å². The molecule has 16 heavy (non-hydrogen) atoms. The second-order valence-electron chi connectivity index (χ2n) is 3.86. The van der Waals surface area contributed by atoms with Crippen LogP contribution in [0.3, 0.4) is 0 Å². The van der Waals surface area contributed by atoms with E-state index in [1.165, 1.54) is 14.2 Å². The number of esters is 2. The van der Waals surface area contributed by atoms with Crippen LogP contribution in [0.2, 0.25) is 0 Å². The molecule has 0 heterocycles. The van der Waals surface area contributed by atoms with Crippen molar-refractivity contribution in [3.8, 4) is 0 Å². The number of allylic oxidation sites excluding steroid dienone is 1. The Kier molecular flexibility index (Phi) is 5.02. The van der Waals surface area contributed by atoms with Crippen LogP contribution in [0.4, 0.5) is 0 Å². The second kappa shape index (κ2) is 6.30. The number of carbonyl (C=O) groups excluding carboxylic acids is 2. The zero-order chi connectivity index (χ0) is 12.0. The third-order valence-corrected chi connectivity index (χ3v) is 2.87. The highest BCUT2D eigenvalue weighted by molar-refractivity contribution is 5.76. The fraction of sp³-hybridized carbons (Fsp3) is 0.667. The van der Waals surface area contributed by atoms with E-state index in [-0.39, 0.29) is 17.9 Å². The SMILES string of the molecule is COC(=O)CC/C=C1/CCCC1C(=O)OC. The lowest BCUT2D eigenvalue weighted by Gasteiger charge is -2.09. The minimum absolute atomic E-state index is 0.0948. The smallest absolute Gasteiger partial charge is 0.312 e. The maximum Gasteiger partial charge on any atom is 0.312 e. The van der Waals surface area contributed by atoms with Gasteiger partial charge in [0, 0.05) is 6.42 Å². The van der Waals surface area contributed by atoms with Crippen LogP contribution < -0.4 is 0 Å². The van der Waals surface area contributed by atoms with Gasteiger partial charge in [0.2, 0.25) is 0 Å². The van der Waals surface area contributed by atoms with E-state index >= 15 is 0 Å². The van der Waals surface area contributed by atoms with E-state index in [0.717, 1.165) is 24.8 Å². The van der Waals surface area contributed by atoms with E-state index in [4.69, 9.17) is 4.74 Å². The Morgan fingerprint density at radius 1 is 1.38 bits per heavy atom. The fourth-order valence-electron chi connectivity index (χ4n) is 2.00. The monoisotopic (exact) mass is 226 g/mol. The number of carbonyl (C=O) groups is 2. The molecule has 0 N–H and O–H groups in total. The van der Waals surface area contributed by atoms with Crippen molar-refractivity contribution in [2.24, 2.45) is 5.92 Å². The second-order valence-corrected chi connectivity index (χ2v) is 3.86. The number of rotatable bonds is 4. The molecular weight excluding hydrogens is 208 g/mol. The molecule has 0 aromatic carbocycles. The average molecular weight is 226 g/mol. The van der Waals surface area contributed by atoms with E-state index in [9.17, 15) is 9.59 Å². The van der Waals surface area contributed by atoms with Crippen molar-refractivity contribution in [2.75, 3.05) is 14.2 Å². The summed E-state index contributed by atoms with van der Waals surface area (Å²) in [5.74, 6) is -0.478. The van der Waals surface area contributed by atoms with Crippen LogP contribution in [0.5, 0.6) is 0 Å². The van der Waals surface area contributed by atoms with Gasteiger partial charge in [-0.15, -0.1) is 0 Å². The summed E-state index contributed by atoms with van der Waals surface area (Å²) in [6.45, 7) is 0. The molecule has 1 aliphatic carbocycles. The van der Waals surface area contributed by atoms with E-state index in [0.29, 0.717) is 12.8 Å². The summed E-state index contributed by atoms with van der Waals surface area (Å²) in [5, 5.41) is 0. The summed E-state index contributed by atoms with van der Waals surface area (Å²) in [7, 11) is 2.79. The first-order valence-electron chi connectivity index (χ1n) is 5.52. The molecule has 1 unspecified atom stereocenters. The number of hydrogen-bond donors (Lipinski definition) is 0. The molecule has 0 spiro atoms. The predicted molar refractivity (Wildman–Crippen MR) is 58.7 cm³/mol. The minimum atomic E-state index is -0.218. The maximum atomic E-state index is 11.4. The first-order valence-corrected chi connectivity index (χ1v) is 5.52. The molecule has 0 aromatic rings. The minimum Gasteiger partial charge on any atom is -0.469 e. The summed E-state index contributed by atoms with van der Waals surface area (Å²) in [5.41, 5.74) is 1.11. The summed E-state index contributed by atoms with van der Waals surface area (Å²) in [4.78, 5) is 22.3. The first kappa shape index (κ1) is 12.7. The molecule has 0 aliphatic heterocycles. The molecule has 1 saturated carbocycles. The molecule has 0 saturated heterocycles. The van der Waals surface area contributed by atoms with Gasteiger partial charge in [-0.3, -0.25) is 9.59 Å². The third kappa shape index (κ3) is 3.36. The Morgan fingerprint density at radius 2 is 2.12 bits per heavy atom. The standard InChI is InChI=1S/C12H18O4/c1-15-11(13)8-4-6-9-5-3-7-10(9)12(14)16-2/h6,10H,3-5,7-8H2,1-2H3/b9-6-. The number of hydrogen-bond acceptors (Lipinski definition) is 4. The molecule has 0 radical (unpaired) electrons. The van der Waals surface area contributed by atoms with Crippen molar-refractivity contribution in [1.82, 2.24) is 0 Å². The molecule has 4 nitrogen and oxygen atoms in total. The van der Waals surface area contributed by atoms with Gasteiger partial charge in [0.15, 0.2) is 0 Å². The highest BCUT2D eigenvalue weighted by atomic mass is 16.5. The van der Waals surface area contributed by atoms with Crippen LogP contribution in [-0.4, -0.2) is 26.2 Å². The largest absolute Gasteiger partial charge is 0.469 e. The molecule has 1 aliphatic rings. The zero-order valence-electron chi connectivity index (χ0n) is 9.82. The number of ether oxygens (including phenoxy) is 2. The van der Waals surface area contributed by atoms with E-state index in [2.05, 4.69) is 4.74 Å². The van der Waals surface area contributed by atoms with E-state index < -0.39 is 0 Å². The van der Waals surface area contributed by atoms with Crippen LogP contribution in [0, 0.1) is 5.92 Å².